The number of benzene rings is 1. The summed E-state index contributed by atoms with van der Waals surface area (Å²) in [6.07, 6.45) is 1.79. The van der Waals surface area contributed by atoms with Crippen molar-refractivity contribution in [3.05, 3.63) is 53.2 Å². The van der Waals surface area contributed by atoms with Gasteiger partial charge >= 0.3 is 0 Å². The average Bonchev–Trinajstić information content (AvgIpc) is 2.28. The predicted molar refractivity (Wildman–Crippen MR) is 70.0 cm³/mol. The Kier molecular flexibility index (Phi) is 4.45. The predicted octanol–water partition coefficient (Wildman–Crippen LogP) is 5.01. The molecule has 0 aliphatic heterocycles. The highest BCUT2D eigenvalue weighted by molar-refractivity contribution is 6.30. The van der Waals surface area contributed by atoms with Crippen LogP contribution in [0, 0.1) is 5.41 Å². The van der Waals surface area contributed by atoms with E-state index < -0.39 is 0 Å². The second kappa shape index (κ2) is 5.42. The summed E-state index contributed by atoms with van der Waals surface area (Å²) in [6.45, 7) is 7.71. The topological polar surface area (TPSA) is 9.23 Å². The monoisotopic (exact) mass is 256 g/mol. The Hall–Kier alpha value is -0.920. The van der Waals surface area contributed by atoms with E-state index in [1.807, 2.05) is 13.8 Å². The molecule has 1 aromatic rings. The maximum Gasteiger partial charge on any atom is 0.127 e. The molecule has 0 saturated carbocycles. The van der Waals surface area contributed by atoms with Gasteiger partial charge in [0.25, 0.3) is 0 Å². The molecule has 1 rings (SSSR count). The van der Waals surface area contributed by atoms with Crippen molar-refractivity contribution >= 4 is 23.2 Å². The highest BCUT2D eigenvalue weighted by Crippen LogP contribution is 2.30. The van der Waals surface area contributed by atoms with Gasteiger partial charge < -0.3 is 4.74 Å². The molecule has 0 aromatic heterocycles. The number of rotatable bonds is 4. The molecule has 86 valence electrons. The quantitative estimate of drug-likeness (QED) is 0.544. The summed E-state index contributed by atoms with van der Waals surface area (Å²) in [7, 11) is 0. The molecule has 0 aliphatic carbocycles. The van der Waals surface area contributed by atoms with E-state index in [2.05, 4.69) is 6.58 Å². The van der Waals surface area contributed by atoms with Crippen LogP contribution >= 0.6 is 23.2 Å². The second-order valence-electron chi connectivity index (χ2n) is 3.96. The lowest BCUT2D eigenvalue weighted by molar-refractivity contribution is 0.321. The molecular weight excluding hydrogens is 243 g/mol. The number of hydrogen-bond donors (Lipinski definition) is 0. The Morgan fingerprint density at radius 2 is 1.88 bits per heavy atom. The Morgan fingerprint density at radius 1 is 1.31 bits per heavy atom. The van der Waals surface area contributed by atoms with Crippen molar-refractivity contribution in [2.24, 2.45) is 5.41 Å². The van der Waals surface area contributed by atoms with Crippen LogP contribution in [0.4, 0.5) is 0 Å². The minimum Gasteiger partial charge on any atom is -0.460 e. The van der Waals surface area contributed by atoms with Crippen LogP contribution in [0.1, 0.15) is 13.8 Å². The second-order valence-corrected chi connectivity index (χ2v) is 4.61. The Balaban J connectivity index is 2.87. The van der Waals surface area contributed by atoms with Crippen molar-refractivity contribution in [2.45, 2.75) is 13.8 Å². The van der Waals surface area contributed by atoms with E-state index in [4.69, 9.17) is 27.9 Å². The average molecular weight is 257 g/mol. The Bertz CT molecular complexity index is 391. The smallest absolute Gasteiger partial charge is 0.127 e. The van der Waals surface area contributed by atoms with Gasteiger partial charge in [-0.25, -0.2) is 0 Å². The maximum absolute atomic E-state index is 5.79. The summed E-state index contributed by atoms with van der Waals surface area (Å²) in [4.78, 5) is 0. The summed E-state index contributed by atoms with van der Waals surface area (Å²) in [5.74, 6) is 1.35. The van der Waals surface area contributed by atoms with Crippen LogP contribution in [-0.2, 0) is 0 Å². The third-order valence-corrected chi connectivity index (χ3v) is 2.74. The summed E-state index contributed by atoms with van der Waals surface area (Å²) in [5.41, 5.74) is 1.12. The van der Waals surface area contributed by atoms with Crippen molar-refractivity contribution in [1.29, 1.82) is 0 Å². The fourth-order valence-corrected chi connectivity index (χ4v) is 1.48. The number of halogens is 2. The fourth-order valence-electron chi connectivity index (χ4n) is 1.02. The van der Waals surface area contributed by atoms with E-state index in [1.54, 1.807) is 30.3 Å². The van der Waals surface area contributed by atoms with Crippen molar-refractivity contribution in [3.8, 4) is 5.75 Å². The summed E-state index contributed by atoms with van der Waals surface area (Å²) in [6, 6.07) is 7.12. The molecular formula is C13H14Cl2O. The van der Waals surface area contributed by atoms with Crippen LogP contribution in [0.5, 0.6) is 5.75 Å². The zero-order valence-electron chi connectivity index (χ0n) is 9.34. The van der Waals surface area contributed by atoms with E-state index in [-0.39, 0.29) is 5.41 Å². The molecule has 1 nitrogen and oxygen atoms in total. The number of hydrogen-bond acceptors (Lipinski definition) is 1. The first-order chi connectivity index (χ1) is 7.49. The van der Waals surface area contributed by atoms with Gasteiger partial charge in [0.2, 0.25) is 0 Å². The first-order valence-electron chi connectivity index (χ1n) is 4.87. The van der Waals surface area contributed by atoms with Crippen LogP contribution in [0.15, 0.2) is 48.2 Å². The molecule has 0 atom stereocenters. The lowest BCUT2D eigenvalue weighted by Gasteiger charge is -2.23. The van der Waals surface area contributed by atoms with Gasteiger partial charge in [0.15, 0.2) is 0 Å². The molecule has 0 radical (unpaired) electrons. The SMILES string of the molecule is C=CC(C)(C)/C(=C/Cl)Oc1ccc(Cl)cc1. The minimum atomic E-state index is -0.304. The lowest BCUT2D eigenvalue weighted by atomic mass is 9.92. The molecule has 0 aliphatic rings. The molecule has 0 fully saturated rings. The molecule has 0 N–H and O–H groups in total. The molecule has 3 heteroatoms. The number of allylic oxidation sites excluding steroid dienone is 1. The van der Waals surface area contributed by atoms with Crippen LogP contribution < -0.4 is 4.74 Å². The number of ether oxygens (including phenoxy) is 1. The van der Waals surface area contributed by atoms with Crippen molar-refractivity contribution < 1.29 is 4.74 Å². The van der Waals surface area contributed by atoms with Crippen LogP contribution in [0.25, 0.3) is 0 Å². The van der Waals surface area contributed by atoms with Gasteiger partial charge in [0.1, 0.15) is 11.5 Å². The molecule has 0 heterocycles. The minimum absolute atomic E-state index is 0.304. The van der Waals surface area contributed by atoms with E-state index in [9.17, 15) is 0 Å². The van der Waals surface area contributed by atoms with Gasteiger partial charge in [-0.1, -0.05) is 29.3 Å². The van der Waals surface area contributed by atoms with Gasteiger partial charge in [-0.05, 0) is 38.1 Å². The van der Waals surface area contributed by atoms with Gasteiger partial charge in [-0.15, -0.1) is 6.58 Å². The van der Waals surface area contributed by atoms with Crippen molar-refractivity contribution in [3.63, 3.8) is 0 Å². The Morgan fingerprint density at radius 3 is 2.31 bits per heavy atom. The molecule has 0 saturated heterocycles. The Labute approximate surface area is 106 Å². The maximum atomic E-state index is 5.79. The normalized spacial score (nSPS) is 12.4. The first-order valence-corrected chi connectivity index (χ1v) is 5.69. The zero-order chi connectivity index (χ0) is 12.2. The standard InChI is InChI=1S/C13H14Cl2O/c1-4-13(2,3)12(9-14)16-11-7-5-10(15)6-8-11/h4-9H,1H2,2-3H3/b12-9-. The summed E-state index contributed by atoms with van der Waals surface area (Å²) in [5, 5.41) is 0.673. The van der Waals surface area contributed by atoms with Crippen LogP contribution in [0.2, 0.25) is 5.02 Å². The van der Waals surface area contributed by atoms with Crippen molar-refractivity contribution in [2.75, 3.05) is 0 Å². The highest BCUT2D eigenvalue weighted by Gasteiger charge is 2.21. The van der Waals surface area contributed by atoms with E-state index >= 15 is 0 Å². The largest absolute Gasteiger partial charge is 0.460 e. The van der Waals surface area contributed by atoms with E-state index in [0.717, 1.165) is 0 Å². The highest BCUT2D eigenvalue weighted by atomic mass is 35.5. The first kappa shape index (κ1) is 13.1. The van der Waals surface area contributed by atoms with E-state index in [1.165, 1.54) is 5.54 Å². The molecule has 0 spiro atoms. The molecule has 16 heavy (non-hydrogen) atoms. The van der Waals surface area contributed by atoms with Crippen LogP contribution in [-0.4, -0.2) is 0 Å². The molecule has 0 unspecified atom stereocenters. The zero-order valence-corrected chi connectivity index (χ0v) is 10.8. The summed E-state index contributed by atoms with van der Waals surface area (Å²) >= 11 is 11.5. The molecule has 0 amide bonds. The third-order valence-electron chi connectivity index (χ3n) is 2.29. The lowest BCUT2D eigenvalue weighted by Crippen LogP contribution is -2.15. The van der Waals surface area contributed by atoms with Gasteiger partial charge in [-0.2, -0.15) is 0 Å². The van der Waals surface area contributed by atoms with Gasteiger partial charge in [0.05, 0.1) is 0 Å². The van der Waals surface area contributed by atoms with E-state index in [0.29, 0.717) is 16.5 Å². The van der Waals surface area contributed by atoms with Crippen molar-refractivity contribution in [1.82, 2.24) is 0 Å². The molecule has 1 aromatic carbocycles. The third kappa shape index (κ3) is 3.29. The van der Waals surface area contributed by atoms with Gasteiger partial charge in [0, 0.05) is 16.0 Å². The molecule has 0 bridgehead atoms. The fraction of sp³-hybridized carbons (Fsp3) is 0.231. The summed E-state index contributed by atoms with van der Waals surface area (Å²) < 4.78 is 5.67. The van der Waals surface area contributed by atoms with Crippen LogP contribution in [0.3, 0.4) is 0 Å². The van der Waals surface area contributed by atoms with Gasteiger partial charge in [-0.3, -0.25) is 0 Å².